The summed E-state index contributed by atoms with van der Waals surface area (Å²) >= 11 is 0. The Balaban J connectivity index is 1.62. The van der Waals surface area contributed by atoms with E-state index < -0.39 is 0 Å². The minimum Gasteiger partial charge on any atom is -0.493 e. The highest BCUT2D eigenvalue weighted by molar-refractivity contribution is 6.14. The average Bonchev–Trinajstić information content (AvgIpc) is 3.39. The summed E-state index contributed by atoms with van der Waals surface area (Å²) in [5.41, 5.74) is 2.34. The predicted molar refractivity (Wildman–Crippen MR) is 112 cm³/mol. The third kappa shape index (κ3) is 2.58. The monoisotopic (exact) mass is 407 g/mol. The first-order chi connectivity index (χ1) is 14.7. The molecule has 0 N–H and O–H groups in total. The van der Waals surface area contributed by atoms with E-state index in [9.17, 15) is 4.79 Å². The minimum absolute atomic E-state index is 0.211. The number of ether oxygens (including phenoxy) is 3. The molecule has 0 spiro atoms. The first-order valence-corrected chi connectivity index (χ1v) is 9.56. The lowest BCUT2D eigenvalue weighted by Crippen LogP contribution is -2.37. The number of para-hydroxylation sites is 1. The molecule has 0 bridgehead atoms. The second-order valence-electron chi connectivity index (χ2n) is 6.98. The van der Waals surface area contributed by atoms with E-state index in [1.807, 2.05) is 41.3 Å². The molecule has 1 aromatic heterocycles. The van der Waals surface area contributed by atoms with Crippen molar-refractivity contribution in [1.29, 1.82) is 0 Å². The van der Waals surface area contributed by atoms with Gasteiger partial charge in [-0.2, -0.15) is 0 Å². The summed E-state index contributed by atoms with van der Waals surface area (Å²) < 4.78 is 19.3. The molecule has 2 aliphatic heterocycles. The summed E-state index contributed by atoms with van der Waals surface area (Å²) in [4.78, 5) is 19.9. The van der Waals surface area contributed by atoms with E-state index in [2.05, 4.69) is 10.1 Å². The summed E-state index contributed by atoms with van der Waals surface area (Å²) in [5, 5.41) is 4.64. The highest BCUT2D eigenvalue weighted by Crippen LogP contribution is 2.38. The van der Waals surface area contributed by atoms with Crippen LogP contribution in [0.15, 0.2) is 46.2 Å². The fourth-order valence-corrected chi connectivity index (χ4v) is 4.01. The molecular formula is C21H21N5O4. The normalized spacial score (nSPS) is 14.0. The number of fused-ring (bicyclic) bond motifs is 6. The van der Waals surface area contributed by atoms with Gasteiger partial charge in [-0.3, -0.25) is 9.89 Å². The van der Waals surface area contributed by atoms with Crippen LogP contribution in [0.3, 0.4) is 0 Å². The highest BCUT2D eigenvalue weighted by atomic mass is 16.5. The van der Waals surface area contributed by atoms with Crippen molar-refractivity contribution in [1.82, 2.24) is 14.3 Å². The van der Waals surface area contributed by atoms with E-state index in [1.54, 1.807) is 25.9 Å². The largest absolute Gasteiger partial charge is 0.493 e. The van der Waals surface area contributed by atoms with E-state index in [-0.39, 0.29) is 12.2 Å². The molecule has 0 saturated carbocycles. The molecule has 0 amide bonds. The van der Waals surface area contributed by atoms with E-state index >= 15 is 0 Å². The number of nitrogens with zero attached hydrogens (tertiary/aromatic N) is 5. The number of anilines is 1. The third-order valence-electron chi connectivity index (χ3n) is 5.35. The summed E-state index contributed by atoms with van der Waals surface area (Å²) in [6.45, 7) is 1.64. The molecule has 0 unspecified atom stereocenters. The van der Waals surface area contributed by atoms with Crippen LogP contribution in [0, 0.1) is 0 Å². The van der Waals surface area contributed by atoms with Gasteiger partial charge in [0.1, 0.15) is 5.84 Å². The zero-order valence-electron chi connectivity index (χ0n) is 17.0. The standard InChI is InChI=1S/C21H21N5O4/c1-28-16-10-13(11-17(29-2)18(16)30-3)12-25-21(27)26-15-7-5-4-6-14(15)19-22-8-9-24(19)20(26)23-25/h4-7,10-11H,8-9,12H2,1-3H3. The molecule has 154 valence electrons. The average molecular weight is 407 g/mol. The molecule has 2 aromatic carbocycles. The van der Waals surface area contributed by atoms with Gasteiger partial charge in [0, 0.05) is 12.1 Å². The number of benzene rings is 2. The Kier molecular flexibility index (Phi) is 4.23. The van der Waals surface area contributed by atoms with Gasteiger partial charge in [0.05, 0.1) is 40.1 Å². The van der Waals surface area contributed by atoms with Crippen molar-refractivity contribution >= 4 is 11.8 Å². The molecule has 0 saturated heterocycles. The first-order valence-electron chi connectivity index (χ1n) is 9.56. The molecule has 9 heteroatoms. The lowest BCUT2D eigenvalue weighted by atomic mass is 10.1. The number of hydrogen-bond donors (Lipinski definition) is 0. The maximum Gasteiger partial charge on any atom is 0.352 e. The van der Waals surface area contributed by atoms with Crippen LogP contribution in [0.25, 0.3) is 5.69 Å². The Morgan fingerprint density at radius 2 is 1.77 bits per heavy atom. The fraction of sp³-hybridized carbons (Fsp3) is 0.286. The topological polar surface area (TPSA) is 83.1 Å². The fourth-order valence-electron chi connectivity index (χ4n) is 4.01. The van der Waals surface area contributed by atoms with Crippen molar-refractivity contribution < 1.29 is 14.2 Å². The Morgan fingerprint density at radius 1 is 1.03 bits per heavy atom. The number of methoxy groups -OCH3 is 3. The first kappa shape index (κ1) is 18.3. The molecule has 3 heterocycles. The van der Waals surface area contributed by atoms with Crippen LogP contribution in [-0.4, -0.2) is 54.6 Å². The molecule has 0 atom stereocenters. The molecule has 9 nitrogen and oxygen atoms in total. The van der Waals surface area contributed by atoms with Crippen molar-refractivity contribution in [2.24, 2.45) is 4.99 Å². The van der Waals surface area contributed by atoms with E-state index in [4.69, 9.17) is 14.2 Å². The maximum atomic E-state index is 13.3. The van der Waals surface area contributed by atoms with Crippen molar-refractivity contribution in [3.63, 3.8) is 0 Å². The van der Waals surface area contributed by atoms with Crippen LogP contribution in [-0.2, 0) is 6.54 Å². The van der Waals surface area contributed by atoms with E-state index in [0.29, 0.717) is 36.3 Å². The maximum absolute atomic E-state index is 13.3. The van der Waals surface area contributed by atoms with Gasteiger partial charge in [-0.25, -0.2) is 14.0 Å². The van der Waals surface area contributed by atoms with Crippen molar-refractivity contribution in [2.75, 3.05) is 39.3 Å². The molecule has 5 rings (SSSR count). The van der Waals surface area contributed by atoms with Crippen LogP contribution in [0.1, 0.15) is 11.1 Å². The van der Waals surface area contributed by atoms with Gasteiger partial charge in [-0.15, -0.1) is 5.10 Å². The highest BCUT2D eigenvalue weighted by Gasteiger charge is 2.34. The molecule has 0 fully saturated rings. The van der Waals surface area contributed by atoms with Gasteiger partial charge in [0.2, 0.25) is 11.7 Å². The number of aromatic nitrogens is 3. The second kappa shape index (κ2) is 6.94. The van der Waals surface area contributed by atoms with Crippen LogP contribution < -0.4 is 24.8 Å². The van der Waals surface area contributed by atoms with Crippen molar-refractivity contribution in [3.05, 3.63) is 58.0 Å². The Hall–Kier alpha value is -3.75. The van der Waals surface area contributed by atoms with Crippen LogP contribution in [0.4, 0.5) is 5.95 Å². The van der Waals surface area contributed by atoms with E-state index in [0.717, 1.165) is 22.6 Å². The van der Waals surface area contributed by atoms with Crippen molar-refractivity contribution in [2.45, 2.75) is 6.54 Å². The smallest absolute Gasteiger partial charge is 0.352 e. The second-order valence-corrected chi connectivity index (χ2v) is 6.98. The van der Waals surface area contributed by atoms with Gasteiger partial charge >= 0.3 is 5.69 Å². The number of amidine groups is 1. The molecule has 3 aromatic rings. The number of aliphatic imine (C=N–C) groups is 1. The summed E-state index contributed by atoms with van der Waals surface area (Å²) in [6, 6.07) is 11.4. The summed E-state index contributed by atoms with van der Waals surface area (Å²) in [6.07, 6.45) is 0. The predicted octanol–water partition coefficient (Wildman–Crippen LogP) is 1.69. The summed E-state index contributed by atoms with van der Waals surface area (Å²) in [7, 11) is 4.68. The Bertz CT molecular complexity index is 1200. The van der Waals surface area contributed by atoms with Gasteiger partial charge in [0.15, 0.2) is 11.5 Å². The van der Waals surface area contributed by atoms with Gasteiger partial charge in [-0.05, 0) is 29.8 Å². The molecule has 2 aliphatic rings. The van der Waals surface area contributed by atoms with Gasteiger partial charge in [-0.1, -0.05) is 12.1 Å². The van der Waals surface area contributed by atoms with Crippen LogP contribution in [0.2, 0.25) is 0 Å². The van der Waals surface area contributed by atoms with Crippen LogP contribution >= 0.6 is 0 Å². The lowest BCUT2D eigenvalue weighted by Gasteiger charge is -2.26. The number of rotatable bonds is 5. The van der Waals surface area contributed by atoms with Gasteiger partial charge < -0.3 is 14.2 Å². The third-order valence-corrected chi connectivity index (χ3v) is 5.35. The molecule has 0 radical (unpaired) electrons. The van der Waals surface area contributed by atoms with E-state index in [1.165, 1.54) is 4.68 Å². The molecule has 0 aliphatic carbocycles. The Labute approximate surface area is 172 Å². The minimum atomic E-state index is -0.211. The lowest BCUT2D eigenvalue weighted by molar-refractivity contribution is 0.323. The van der Waals surface area contributed by atoms with Crippen molar-refractivity contribution in [3.8, 4) is 22.9 Å². The Morgan fingerprint density at radius 3 is 2.47 bits per heavy atom. The molecule has 30 heavy (non-hydrogen) atoms. The summed E-state index contributed by atoms with van der Waals surface area (Å²) in [5.74, 6) is 3.02. The quantitative estimate of drug-likeness (QED) is 0.640. The molecular weight excluding hydrogens is 386 g/mol. The zero-order valence-corrected chi connectivity index (χ0v) is 17.0. The number of hydrogen-bond acceptors (Lipinski definition) is 7. The van der Waals surface area contributed by atoms with Gasteiger partial charge in [0.25, 0.3) is 0 Å². The van der Waals surface area contributed by atoms with Crippen LogP contribution in [0.5, 0.6) is 17.2 Å². The SMILES string of the molecule is COc1cc(Cn2nc3n(c2=O)-c2ccccc2C2=NCCN23)cc(OC)c1OC. The zero-order chi connectivity index (χ0) is 20.8.